The Bertz CT molecular complexity index is 1060. The van der Waals surface area contributed by atoms with E-state index in [-0.39, 0.29) is 0 Å². The van der Waals surface area contributed by atoms with Crippen LogP contribution in [-0.4, -0.2) is 22.5 Å². The Labute approximate surface area is 170 Å². The van der Waals surface area contributed by atoms with Gasteiger partial charge in [0.2, 0.25) is 0 Å². The maximum absolute atomic E-state index is 13.6. The Balaban J connectivity index is 1.63. The quantitative estimate of drug-likeness (QED) is 0.424. The molecule has 2 amide bonds. The molecule has 3 aromatic rings. The summed E-state index contributed by atoms with van der Waals surface area (Å²) in [6.07, 6.45) is 0. The molecule has 0 aliphatic rings. The zero-order valence-electron chi connectivity index (χ0n) is 16.2. The minimum absolute atomic E-state index is 0.410. The van der Waals surface area contributed by atoms with Crippen molar-refractivity contribution >= 4 is 34.7 Å². The van der Waals surface area contributed by atoms with E-state index in [0.29, 0.717) is 28.8 Å². The summed E-state index contributed by atoms with van der Waals surface area (Å²) < 4.78 is 39.8. The third kappa shape index (κ3) is 5.16. The number of anilines is 5. The van der Waals surface area contributed by atoms with Crippen LogP contribution in [0.3, 0.4) is 0 Å². The predicted molar refractivity (Wildman–Crippen MR) is 110 cm³/mol. The lowest BCUT2D eigenvalue weighted by molar-refractivity contribution is 0.262. The highest BCUT2D eigenvalue weighted by Gasteiger charge is 2.15. The Kier molecular flexibility index (Phi) is 6.35. The number of halogens is 3. The van der Waals surface area contributed by atoms with E-state index >= 15 is 0 Å². The molecule has 0 bridgehead atoms. The van der Waals surface area contributed by atoms with Crippen LogP contribution in [0.15, 0.2) is 42.5 Å². The topological polar surface area (TPSA) is 91.0 Å². The molecule has 1 aromatic heterocycles. The van der Waals surface area contributed by atoms with Crippen molar-refractivity contribution in [1.82, 2.24) is 9.97 Å². The van der Waals surface area contributed by atoms with Crippen LogP contribution in [0, 0.1) is 24.4 Å². The highest BCUT2D eigenvalue weighted by atomic mass is 19.2. The van der Waals surface area contributed by atoms with Crippen LogP contribution in [0.2, 0.25) is 0 Å². The van der Waals surface area contributed by atoms with Gasteiger partial charge in [0.1, 0.15) is 17.5 Å². The summed E-state index contributed by atoms with van der Waals surface area (Å²) in [5.41, 5.74) is 0.654. The SMILES string of the molecule is CCNc1cc(Nc2ccc(NC(=O)Nc3ccc(F)c(F)c3F)cc2)nc(C)n1. The number of hydrogen-bond donors (Lipinski definition) is 4. The Hall–Kier alpha value is -3.82. The van der Waals surface area contributed by atoms with Gasteiger partial charge in [-0.3, -0.25) is 0 Å². The molecule has 30 heavy (non-hydrogen) atoms. The largest absolute Gasteiger partial charge is 0.370 e. The first-order valence-electron chi connectivity index (χ1n) is 9.04. The average Bonchev–Trinajstić information content (AvgIpc) is 2.70. The lowest BCUT2D eigenvalue weighted by atomic mass is 10.2. The lowest BCUT2D eigenvalue weighted by Gasteiger charge is -2.11. The molecule has 0 radical (unpaired) electrons. The summed E-state index contributed by atoms with van der Waals surface area (Å²) >= 11 is 0. The summed E-state index contributed by atoms with van der Waals surface area (Å²) in [4.78, 5) is 20.6. The number of carbonyl (C=O) groups excluding carboxylic acids is 1. The van der Waals surface area contributed by atoms with Gasteiger partial charge in [-0.2, -0.15) is 0 Å². The van der Waals surface area contributed by atoms with E-state index in [9.17, 15) is 18.0 Å². The molecule has 0 saturated carbocycles. The molecule has 0 aliphatic carbocycles. The van der Waals surface area contributed by atoms with Crippen LogP contribution < -0.4 is 21.3 Å². The van der Waals surface area contributed by atoms with E-state index in [1.807, 2.05) is 6.92 Å². The molecule has 1 heterocycles. The smallest absolute Gasteiger partial charge is 0.323 e. The second-order valence-electron chi connectivity index (χ2n) is 6.22. The third-order valence-corrected chi connectivity index (χ3v) is 3.89. The van der Waals surface area contributed by atoms with Crippen molar-refractivity contribution in [3.05, 3.63) is 65.7 Å². The summed E-state index contributed by atoms with van der Waals surface area (Å²) in [6, 6.07) is 9.27. The number of aromatic nitrogens is 2. The van der Waals surface area contributed by atoms with Crippen LogP contribution in [0.4, 0.5) is 46.7 Å². The van der Waals surface area contributed by atoms with Gasteiger partial charge < -0.3 is 21.3 Å². The van der Waals surface area contributed by atoms with Crippen molar-refractivity contribution in [3.63, 3.8) is 0 Å². The first kappa shape index (κ1) is 20.9. The molecule has 0 atom stereocenters. The second kappa shape index (κ2) is 9.12. The van der Waals surface area contributed by atoms with Gasteiger partial charge in [0, 0.05) is 24.0 Å². The Morgan fingerprint density at radius 1 is 0.900 bits per heavy atom. The van der Waals surface area contributed by atoms with Gasteiger partial charge in [-0.25, -0.2) is 27.9 Å². The molecule has 3 rings (SSSR count). The van der Waals surface area contributed by atoms with Crippen molar-refractivity contribution in [1.29, 1.82) is 0 Å². The molecule has 0 spiro atoms. The third-order valence-electron chi connectivity index (χ3n) is 3.89. The van der Waals surface area contributed by atoms with Crippen LogP contribution >= 0.6 is 0 Å². The molecule has 4 N–H and O–H groups in total. The van der Waals surface area contributed by atoms with Gasteiger partial charge in [0.05, 0.1) is 5.69 Å². The van der Waals surface area contributed by atoms with Gasteiger partial charge in [0.15, 0.2) is 17.5 Å². The molecule has 0 aliphatic heterocycles. The Morgan fingerprint density at radius 3 is 2.27 bits per heavy atom. The van der Waals surface area contributed by atoms with Crippen LogP contribution in [0.1, 0.15) is 12.7 Å². The van der Waals surface area contributed by atoms with E-state index < -0.39 is 29.2 Å². The van der Waals surface area contributed by atoms with E-state index in [2.05, 4.69) is 31.2 Å². The zero-order chi connectivity index (χ0) is 21.7. The molecular formula is C20H19F3N6O. The van der Waals surface area contributed by atoms with Gasteiger partial charge >= 0.3 is 6.03 Å². The lowest BCUT2D eigenvalue weighted by Crippen LogP contribution is -2.20. The van der Waals surface area contributed by atoms with E-state index in [0.717, 1.165) is 18.7 Å². The molecule has 0 saturated heterocycles. The standard InChI is InChI=1S/C20H19F3N6O/c1-3-24-16-10-17(26-11(2)25-16)27-12-4-6-13(7-5-12)28-20(30)29-15-9-8-14(21)18(22)19(15)23/h4-10H,3H2,1-2H3,(H2,28,29,30)(H2,24,25,26,27). The van der Waals surface area contributed by atoms with Crippen molar-refractivity contribution in [2.24, 2.45) is 0 Å². The van der Waals surface area contributed by atoms with Crippen molar-refractivity contribution in [2.75, 3.05) is 27.8 Å². The van der Waals surface area contributed by atoms with Gasteiger partial charge in [-0.1, -0.05) is 0 Å². The van der Waals surface area contributed by atoms with Crippen LogP contribution in [0.5, 0.6) is 0 Å². The number of carbonyl (C=O) groups is 1. The molecule has 2 aromatic carbocycles. The van der Waals surface area contributed by atoms with Gasteiger partial charge in [-0.05, 0) is 50.2 Å². The van der Waals surface area contributed by atoms with Crippen LogP contribution in [-0.2, 0) is 0 Å². The summed E-state index contributed by atoms with van der Waals surface area (Å²) in [5.74, 6) is -2.55. The average molecular weight is 416 g/mol. The number of benzene rings is 2. The van der Waals surface area contributed by atoms with Crippen molar-refractivity contribution in [2.45, 2.75) is 13.8 Å². The van der Waals surface area contributed by atoms with E-state index in [1.54, 1.807) is 37.3 Å². The summed E-state index contributed by atoms with van der Waals surface area (Å²) in [6.45, 7) is 4.48. The number of nitrogens with zero attached hydrogens (tertiary/aromatic N) is 2. The normalized spacial score (nSPS) is 10.4. The summed E-state index contributed by atoms with van der Waals surface area (Å²) in [5, 5.41) is 10.9. The highest BCUT2D eigenvalue weighted by molar-refractivity contribution is 5.99. The van der Waals surface area contributed by atoms with Gasteiger partial charge in [-0.15, -0.1) is 0 Å². The van der Waals surface area contributed by atoms with E-state index in [4.69, 9.17) is 0 Å². The monoisotopic (exact) mass is 416 g/mol. The van der Waals surface area contributed by atoms with Crippen molar-refractivity contribution < 1.29 is 18.0 Å². The van der Waals surface area contributed by atoms with Gasteiger partial charge in [0.25, 0.3) is 0 Å². The number of rotatable bonds is 6. The summed E-state index contributed by atoms with van der Waals surface area (Å²) in [7, 11) is 0. The molecule has 7 nitrogen and oxygen atoms in total. The number of nitrogens with one attached hydrogen (secondary N) is 4. The fraction of sp³-hybridized carbons (Fsp3) is 0.150. The molecule has 0 unspecified atom stereocenters. The van der Waals surface area contributed by atoms with Crippen LogP contribution in [0.25, 0.3) is 0 Å². The van der Waals surface area contributed by atoms with Crippen molar-refractivity contribution in [3.8, 4) is 0 Å². The van der Waals surface area contributed by atoms with E-state index in [1.165, 1.54) is 0 Å². The first-order valence-corrected chi connectivity index (χ1v) is 9.04. The molecule has 156 valence electrons. The Morgan fingerprint density at radius 2 is 1.57 bits per heavy atom. The predicted octanol–water partition coefficient (Wildman–Crippen LogP) is 5.02. The number of amides is 2. The number of hydrogen-bond acceptors (Lipinski definition) is 5. The fourth-order valence-electron chi connectivity index (χ4n) is 2.60. The fourth-order valence-corrected chi connectivity index (χ4v) is 2.60. The number of aryl methyl sites for hydroxylation is 1. The second-order valence-corrected chi connectivity index (χ2v) is 6.22. The highest BCUT2D eigenvalue weighted by Crippen LogP contribution is 2.21. The zero-order valence-corrected chi connectivity index (χ0v) is 16.2. The number of urea groups is 1. The molecular weight excluding hydrogens is 397 g/mol. The minimum atomic E-state index is -1.65. The maximum Gasteiger partial charge on any atom is 0.323 e. The minimum Gasteiger partial charge on any atom is -0.370 e. The molecule has 0 fully saturated rings. The molecule has 10 heteroatoms. The maximum atomic E-state index is 13.6. The first-order chi connectivity index (χ1) is 14.4.